The van der Waals surface area contributed by atoms with E-state index < -0.39 is 37.2 Å². The molecule has 0 spiro atoms. The van der Waals surface area contributed by atoms with Crippen LogP contribution in [0.1, 0.15) is 25.1 Å². The van der Waals surface area contributed by atoms with Crippen molar-refractivity contribution < 1.29 is 31.1 Å². The zero-order valence-electron chi connectivity index (χ0n) is 15.7. The Labute approximate surface area is 165 Å². The van der Waals surface area contributed by atoms with E-state index in [2.05, 4.69) is 30.5 Å². The fraction of sp³-hybridized carbons (Fsp3) is 0.600. The van der Waals surface area contributed by atoms with Crippen molar-refractivity contribution in [2.45, 2.75) is 45.0 Å². The Balaban J connectivity index is 1.76. The number of aromatic nitrogens is 7. The Bertz CT molecular complexity index is 1070. The van der Waals surface area contributed by atoms with E-state index in [1.54, 1.807) is 6.92 Å². The maximum Gasteiger partial charge on any atom is 0.425 e. The molecule has 3 aromatic heterocycles. The summed E-state index contributed by atoms with van der Waals surface area (Å²) < 4.78 is 77.4. The predicted octanol–water partition coefficient (Wildman–Crippen LogP) is 2.14. The van der Waals surface area contributed by atoms with E-state index in [4.69, 9.17) is 9.15 Å². The van der Waals surface area contributed by atoms with Gasteiger partial charge in [0.25, 0.3) is 5.92 Å². The number of alkyl halides is 5. The summed E-state index contributed by atoms with van der Waals surface area (Å²) in [7, 11) is 0. The summed E-state index contributed by atoms with van der Waals surface area (Å²) in [5, 5.41) is 15.3. The molecule has 0 radical (unpaired) electrons. The first-order valence-corrected chi connectivity index (χ1v) is 8.78. The van der Waals surface area contributed by atoms with E-state index in [0.29, 0.717) is 5.89 Å². The third-order valence-electron chi connectivity index (χ3n) is 4.39. The summed E-state index contributed by atoms with van der Waals surface area (Å²) in [6.45, 7) is 1.55. The number of fused-ring (bicyclic) bond motifs is 1. The van der Waals surface area contributed by atoms with Gasteiger partial charge in [-0.1, -0.05) is 5.21 Å². The third-order valence-corrected chi connectivity index (χ3v) is 4.39. The minimum absolute atomic E-state index is 0.0181. The molecule has 0 amide bonds. The number of hydrogen-bond donors (Lipinski definition) is 0. The second kappa shape index (κ2) is 6.98. The number of anilines is 1. The number of rotatable bonds is 5. The maximum absolute atomic E-state index is 13.7. The summed E-state index contributed by atoms with van der Waals surface area (Å²) in [5.41, 5.74) is 0.0198. The number of ether oxygens (including phenoxy) is 1. The van der Waals surface area contributed by atoms with Crippen LogP contribution in [0.5, 0.6) is 6.01 Å². The van der Waals surface area contributed by atoms with Crippen LogP contribution in [0.3, 0.4) is 0 Å². The van der Waals surface area contributed by atoms with Crippen LogP contribution in [0.15, 0.2) is 4.42 Å². The van der Waals surface area contributed by atoms with Crippen molar-refractivity contribution in [3.05, 3.63) is 11.8 Å². The molecule has 0 aliphatic carbocycles. The Morgan fingerprint density at radius 2 is 1.97 bits per heavy atom. The molecule has 162 valence electrons. The van der Waals surface area contributed by atoms with Crippen molar-refractivity contribution in [2.24, 2.45) is 0 Å². The first-order valence-electron chi connectivity index (χ1n) is 8.78. The molecule has 15 heteroatoms. The lowest BCUT2D eigenvalue weighted by molar-refractivity contribution is -0.190. The van der Waals surface area contributed by atoms with Crippen LogP contribution in [0.25, 0.3) is 11.2 Å². The van der Waals surface area contributed by atoms with Crippen molar-refractivity contribution >= 4 is 17.0 Å². The van der Waals surface area contributed by atoms with E-state index >= 15 is 0 Å². The molecule has 0 bridgehead atoms. The zero-order valence-corrected chi connectivity index (χ0v) is 15.7. The highest BCUT2D eigenvalue weighted by atomic mass is 19.4. The summed E-state index contributed by atoms with van der Waals surface area (Å²) in [4.78, 5) is 9.09. The highest BCUT2D eigenvalue weighted by molar-refractivity contribution is 5.83. The number of hydrogen-bond acceptors (Lipinski definition) is 9. The number of nitrogens with zero attached hydrogens (tertiary/aromatic N) is 8. The van der Waals surface area contributed by atoms with Crippen LogP contribution in [0.4, 0.5) is 27.8 Å². The SMILES string of the molecule is Cc1nnc(Cn2nnc3c(N4CCC(F)(F)C4)nc(O[C@@H](C)C(F)(F)F)nc32)o1. The molecule has 4 heterocycles. The molecule has 0 saturated carbocycles. The van der Waals surface area contributed by atoms with Gasteiger partial charge in [-0.15, -0.1) is 15.3 Å². The van der Waals surface area contributed by atoms with Crippen LogP contribution in [0.2, 0.25) is 0 Å². The van der Waals surface area contributed by atoms with Gasteiger partial charge < -0.3 is 14.1 Å². The average molecular weight is 434 g/mol. The standard InChI is InChI=1S/C15H15F5N8O2/c1-7(15(18,19)20)29-13-21-11(27-4-3-14(16,17)6-27)10-12(22-13)28(26-25-10)5-9-24-23-8(2)30-9/h7H,3-6H2,1-2H3/t7-/m0/s1. The van der Waals surface area contributed by atoms with Crippen LogP contribution in [-0.2, 0) is 6.54 Å². The molecule has 0 unspecified atom stereocenters. The molecular formula is C15H15F5N8O2. The van der Waals surface area contributed by atoms with Gasteiger partial charge >= 0.3 is 12.2 Å². The van der Waals surface area contributed by atoms with Crippen molar-refractivity contribution in [3.63, 3.8) is 0 Å². The molecule has 1 fully saturated rings. The second-order valence-electron chi connectivity index (χ2n) is 6.79. The van der Waals surface area contributed by atoms with E-state index in [1.807, 2.05) is 0 Å². The predicted molar refractivity (Wildman–Crippen MR) is 89.2 cm³/mol. The third kappa shape index (κ3) is 3.95. The van der Waals surface area contributed by atoms with Gasteiger partial charge in [0.15, 0.2) is 23.1 Å². The quantitative estimate of drug-likeness (QED) is 0.558. The Morgan fingerprint density at radius 1 is 1.20 bits per heavy atom. The smallest absolute Gasteiger partial charge is 0.425 e. The summed E-state index contributed by atoms with van der Waals surface area (Å²) in [6.07, 6.45) is -7.31. The summed E-state index contributed by atoms with van der Waals surface area (Å²) in [6, 6.07) is -0.636. The molecule has 0 aromatic carbocycles. The number of halogens is 5. The van der Waals surface area contributed by atoms with E-state index in [0.717, 1.165) is 6.92 Å². The van der Waals surface area contributed by atoms with Gasteiger partial charge in [-0.3, -0.25) is 0 Å². The van der Waals surface area contributed by atoms with Gasteiger partial charge in [-0.05, 0) is 6.92 Å². The minimum Gasteiger partial charge on any atom is -0.451 e. The maximum atomic E-state index is 13.7. The summed E-state index contributed by atoms with van der Waals surface area (Å²) in [5.74, 6) is -2.60. The normalized spacial score (nSPS) is 17.6. The lowest BCUT2D eigenvalue weighted by Gasteiger charge is -2.20. The Hall–Kier alpha value is -3.13. The molecule has 4 rings (SSSR count). The molecule has 0 N–H and O–H groups in total. The first kappa shape index (κ1) is 20.2. The summed E-state index contributed by atoms with van der Waals surface area (Å²) >= 11 is 0. The van der Waals surface area contributed by atoms with Crippen LogP contribution < -0.4 is 9.64 Å². The molecule has 1 aliphatic rings. The van der Waals surface area contributed by atoms with E-state index in [9.17, 15) is 22.0 Å². The van der Waals surface area contributed by atoms with Gasteiger partial charge in [-0.2, -0.15) is 23.1 Å². The molecule has 3 aromatic rings. The topological polar surface area (TPSA) is 108 Å². The fourth-order valence-electron chi connectivity index (χ4n) is 2.87. The first-order chi connectivity index (χ1) is 14.0. The van der Waals surface area contributed by atoms with Crippen molar-refractivity contribution in [1.82, 2.24) is 35.2 Å². The highest BCUT2D eigenvalue weighted by Gasteiger charge is 2.41. The van der Waals surface area contributed by atoms with Crippen molar-refractivity contribution in [3.8, 4) is 6.01 Å². The van der Waals surface area contributed by atoms with E-state index in [1.165, 1.54) is 9.58 Å². The minimum atomic E-state index is -4.67. The van der Waals surface area contributed by atoms with Gasteiger partial charge in [0, 0.05) is 19.9 Å². The van der Waals surface area contributed by atoms with E-state index in [-0.39, 0.29) is 36.0 Å². The molecule has 1 saturated heterocycles. The molecule has 10 nitrogen and oxygen atoms in total. The van der Waals surface area contributed by atoms with Crippen molar-refractivity contribution in [1.29, 1.82) is 0 Å². The molecular weight excluding hydrogens is 419 g/mol. The highest BCUT2D eigenvalue weighted by Crippen LogP contribution is 2.34. The zero-order chi connectivity index (χ0) is 21.7. The fourth-order valence-corrected chi connectivity index (χ4v) is 2.87. The largest absolute Gasteiger partial charge is 0.451 e. The lowest BCUT2D eigenvalue weighted by atomic mass is 10.3. The van der Waals surface area contributed by atoms with Gasteiger partial charge in [0.1, 0.15) is 6.54 Å². The Morgan fingerprint density at radius 3 is 2.57 bits per heavy atom. The van der Waals surface area contributed by atoms with Crippen LogP contribution in [0, 0.1) is 6.92 Å². The van der Waals surface area contributed by atoms with Crippen LogP contribution >= 0.6 is 0 Å². The van der Waals surface area contributed by atoms with Gasteiger partial charge in [-0.25, -0.2) is 13.5 Å². The van der Waals surface area contributed by atoms with Crippen molar-refractivity contribution in [2.75, 3.05) is 18.0 Å². The monoisotopic (exact) mass is 434 g/mol. The molecule has 1 aliphatic heterocycles. The average Bonchev–Trinajstić information content (AvgIpc) is 3.33. The van der Waals surface area contributed by atoms with Gasteiger partial charge in [0.2, 0.25) is 11.8 Å². The Kier molecular flexibility index (Phi) is 4.69. The van der Waals surface area contributed by atoms with Crippen LogP contribution in [-0.4, -0.2) is 66.5 Å². The number of aryl methyl sites for hydroxylation is 1. The second-order valence-corrected chi connectivity index (χ2v) is 6.79. The lowest BCUT2D eigenvalue weighted by Crippen LogP contribution is -2.32. The van der Waals surface area contributed by atoms with Gasteiger partial charge in [0.05, 0.1) is 6.54 Å². The molecule has 30 heavy (non-hydrogen) atoms. The molecule has 1 atom stereocenters.